The van der Waals surface area contributed by atoms with Gasteiger partial charge in [-0.05, 0) is 30.3 Å². The van der Waals surface area contributed by atoms with Crippen LogP contribution in [0.4, 0.5) is 4.39 Å². The molecule has 1 aromatic heterocycles. The largest absolute Gasteiger partial charge is 0.345 e. The Balaban J connectivity index is 1.40. The van der Waals surface area contributed by atoms with E-state index >= 15 is 0 Å². The van der Waals surface area contributed by atoms with E-state index in [-0.39, 0.29) is 11.7 Å². The molecule has 1 aliphatic rings. The van der Waals surface area contributed by atoms with Gasteiger partial charge in [0.2, 0.25) is 0 Å². The van der Waals surface area contributed by atoms with E-state index < -0.39 is 0 Å². The van der Waals surface area contributed by atoms with Crippen molar-refractivity contribution in [1.82, 2.24) is 19.8 Å². The van der Waals surface area contributed by atoms with Gasteiger partial charge in [-0.2, -0.15) is 0 Å². The van der Waals surface area contributed by atoms with E-state index in [1.807, 2.05) is 17.0 Å². The molecule has 26 heavy (non-hydrogen) atoms. The highest BCUT2D eigenvalue weighted by Crippen LogP contribution is 2.22. The molecular formula is C19H18ClFN4O. The van der Waals surface area contributed by atoms with Crippen LogP contribution in [-0.2, 0) is 6.54 Å². The first kappa shape index (κ1) is 17.0. The van der Waals surface area contributed by atoms with Gasteiger partial charge in [-0.1, -0.05) is 17.7 Å². The number of carbonyl (C=O) groups excluding carboxylic acids is 1. The minimum atomic E-state index is -0.288. The Morgan fingerprint density at radius 2 is 2.00 bits per heavy atom. The second kappa shape index (κ2) is 7.05. The number of fused-ring (bicyclic) bond motifs is 1. The van der Waals surface area contributed by atoms with Gasteiger partial charge in [-0.15, -0.1) is 0 Å². The number of nitrogens with zero attached hydrogens (tertiary/aromatic N) is 3. The summed E-state index contributed by atoms with van der Waals surface area (Å²) in [5, 5.41) is 0.441. The van der Waals surface area contributed by atoms with Crippen LogP contribution in [0.25, 0.3) is 11.0 Å². The number of piperazine rings is 1. The summed E-state index contributed by atoms with van der Waals surface area (Å²) in [6.07, 6.45) is 1.62. The molecule has 1 aliphatic heterocycles. The average molecular weight is 373 g/mol. The number of nitrogens with one attached hydrogen (secondary N) is 1. The zero-order valence-corrected chi connectivity index (χ0v) is 14.8. The van der Waals surface area contributed by atoms with Crippen LogP contribution in [0, 0.1) is 5.82 Å². The highest BCUT2D eigenvalue weighted by atomic mass is 35.5. The molecule has 0 radical (unpaired) electrons. The van der Waals surface area contributed by atoms with Gasteiger partial charge in [0, 0.05) is 48.9 Å². The molecule has 2 heterocycles. The molecule has 7 heteroatoms. The number of amides is 1. The molecule has 0 aliphatic carbocycles. The molecular weight excluding hydrogens is 355 g/mol. The van der Waals surface area contributed by atoms with Crippen LogP contribution in [0.5, 0.6) is 0 Å². The van der Waals surface area contributed by atoms with Crippen LogP contribution in [0.2, 0.25) is 5.02 Å². The molecule has 1 fully saturated rings. The Hall–Kier alpha value is -2.44. The van der Waals surface area contributed by atoms with Crippen molar-refractivity contribution in [3.05, 3.63) is 64.7 Å². The maximum absolute atomic E-state index is 13.9. The summed E-state index contributed by atoms with van der Waals surface area (Å²) in [7, 11) is 0. The smallest absolute Gasteiger partial charge is 0.254 e. The van der Waals surface area contributed by atoms with Crippen LogP contribution in [0.1, 0.15) is 15.9 Å². The minimum absolute atomic E-state index is 0.00470. The number of rotatable bonds is 3. The average Bonchev–Trinajstić information content (AvgIpc) is 3.12. The summed E-state index contributed by atoms with van der Waals surface area (Å²) >= 11 is 6.11. The summed E-state index contributed by atoms with van der Waals surface area (Å²) in [6.45, 7) is 3.02. The predicted octanol–water partition coefficient (Wildman–Crippen LogP) is 3.31. The fourth-order valence-electron chi connectivity index (χ4n) is 3.27. The molecule has 1 N–H and O–H groups in total. The maximum atomic E-state index is 13.9. The van der Waals surface area contributed by atoms with E-state index in [1.54, 1.807) is 24.5 Å². The Bertz CT molecular complexity index is 929. The van der Waals surface area contributed by atoms with Crippen LogP contribution in [-0.4, -0.2) is 51.9 Å². The lowest BCUT2D eigenvalue weighted by Gasteiger charge is -2.35. The number of H-pyrrole nitrogens is 1. The Morgan fingerprint density at radius 3 is 2.77 bits per heavy atom. The molecule has 134 valence electrons. The summed E-state index contributed by atoms with van der Waals surface area (Å²) < 4.78 is 13.9. The fraction of sp³-hybridized carbons (Fsp3) is 0.263. The molecule has 0 bridgehead atoms. The van der Waals surface area contributed by atoms with Crippen LogP contribution in [0.15, 0.2) is 42.7 Å². The first-order valence-electron chi connectivity index (χ1n) is 8.49. The summed E-state index contributed by atoms with van der Waals surface area (Å²) in [5.41, 5.74) is 2.85. The van der Waals surface area contributed by atoms with Crippen LogP contribution < -0.4 is 0 Å². The first-order valence-corrected chi connectivity index (χ1v) is 8.87. The van der Waals surface area contributed by atoms with Gasteiger partial charge in [0.15, 0.2) is 0 Å². The van der Waals surface area contributed by atoms with Crippen molar-refractivity contribution in [2.45, 2.75) is 6.54 Å². The number of hydrogen-bond donors (Lipinski definition) is 1. The van der Waals surface area contributed by atoms with Crippen molar-refractivity contribution in [2.24, 2.45) is 0 Å². The molecule has 5 nitrogen and oxygen atoms in total. The van der Waals surface area contributed by atoms with Gasteiger partial charge in [0.05, 0.1) is 17.4 Å². The number of imidazole rings is 1. The Labute approximate surface area is 155 Å². The van der Waals surface area contributed by atoms with Gasteiger partial charge in [-0.25, -0.2) is 9.37 Å². The van der Waals surface area contributed by atoms with Gasteiger partial charge in [0.1, 0.15) is 5.82 Å². The second-order valence-corrected chi connectivity index (χ2v) is 6.81. The van der Waals surface area contributed by atoms with Crippen molar-refractivity contribution >= 4 is 28.5 Å². The molecule has 3 aromatic rings. The summed E-state index contributed by atoms with van der Waals surface area (Å²) in [5.74, 6) is -0.283. The van der Waals surface area contributed by atoms with Gasteiger partial charge in [-0.3, -0.25) is 9.69 Å². The topological polar surface area (TPSA) is 52.2 Å². The van der Waals surface area contributed by atoms with E-state index in [2.05, 4.69) is 14.9 Å². The highest BCUT2D eigenvalue weighted by Gasteiger charge is 2.23. The maximum Gasteiger partial charge on any atom is 0.254 e. The molecule has 0 unspecified atom stereocenters. The van der Waals surface area contributed by atoms with Crippen molar-refractivity contribution in [3.63, 3.8) is 0 Å². The van der Waals surface area contributed by atoms with E-state index in [0.717, 1.165) is 11.0 Å². The number of aromatic amines is 1. The SMILES string of the molecule is O=C(c1ccc2nc[nH]c2c1)N1CCN(Cc2c(F)cccc2Cl)CC1. The lowest BCUT2D eigenvalue weighted by atomic mass is 10.1. The van der Waals surface area contributed by atoms with Gasteiger partial charge < -0.3 is 9.88 Å². The van der Waals surface area contributed by atoms with Gasteiger partial charge >= 0.3 is 0 Å². The molecule has 4 rings (SSSR count). The zero-order chi connectivity index (χ0) is 18.1. The number of benzene rings is 2. The second-order valence-electron chi connectivity index (χ2n) is 6.40. The molecule has 0 atom stereocenters. The Morgan fingerprint density at radius 1 is 1.19 bits per heavy atom. The zero-order valence-electron chi connectivity index (χ0n) is 14.1. The molecule has 1 saturated heterocycles. The molecule has 2 aromatic carbocycles. The van der Waals surface area contributed by atoms with Crippen molar-refractivity contribution in [2.75, 3.05) is 26.2 Å². The minimum Gasteiger partial charge on any atom is -0.345 e. The van der Waals surface area contributed by atoms with E-state index in [4.69, 9.17) is 11.6 Å². The molecule has 1 amide bonds. The summed E-state index contributed by atoms with van der Waals surface area (Å²) in [4.78, 5) is 23.9. The van der Waals surface area contributed by atoms with Crippen LogP contribution >= 0.6 is 11.6 Å². The van der Waals surface area contributed by atoms with Crippen molar-refractivity contribution < 1.29 is 9.18 Å². The molecule has 0 spiro atoms. The number of halogens is 2. The quantitative estimate of drug-likeness (QED) is 0.767. The monoisotopic (exact) mass is 372 g/mol. The normalized spacial score (nSPS) is 15.5. The van der Waals surface area contributed by atoms with E-state index in [9.17, 15) is 9.18 Å². The van der Waals surface area contributed by atoms with Crippen LogP contribution in [0.3, 0.4) is 0 Å². The number of hydrogen-bond acceptors (Lipinski definition) is 3. The summed E-state index contributed by atoms with van der Waals surface area (Å²) in [6, 6.07) is 10.2. The third-order valence-electron chi connectivity index (χ3n) is 4.77. The number of carbonyl (C=O) groups is 1. The van der Waals surface area contributed by atoms with Crippen molar-refractivity contribution in [1.29, 1.82) is 0 Å². The van der Waals surface area contributed by atoms with Gasteiger partial charge in [0.25, 0.3) is 5.91 Å². The fourth-order valence-corrected chi connectivity index (χ4v) is 3.49. The lowest BCUT2D eigenvalue weighted by Crippen LogP contribution is -2.48. The number of aromatic nitrogens is 2. The highest BCUT2D eigenvalue weighted by molar-refractivity contribution is 6.31. The predicted molar refractivity (Wildman–Crippen MR) is 98.7 cm³/mol. The van der Waals surface area contributed by atoms with Crippen molar-refractivity contribution in [3.8, 4) is 0 Å². The third kappa shape index (κ3) is 3.30. The molecule has 0 saturated carbocycles. The standard InChI is InChI=1S/C19H18ClFN4O/c20-15-2-1-3-16(21)14(15)11-24-6-8-25(9-7-24)19(26)13-4-5-17-18(10-13)23-12-22-17/h1-5,10,12H,6-9,11H2,(H,22,23). The van der Waals surface area contributed by atoms with E-state index in [1.165, 1.54) is 6.07 Å². The first-order chi connectivity index (χ1) is 12.6. The lowest BCUT2D eigenvalue weighted by molar-refractivity contribution is 0.0627. The van der Waals surface area contributed by atoms with E-state index in [0.29, 0.717) is 48.9 Å². The third-order valence-corrected chi connectivity index (χ3v) is 5.12. The Kier molecular flexibility index (Phi) is 4.61.